The molecule has 1 heterocycles. The van der Waals surface area contributed by atoms with Crippen molar-refractivity contribution in [3.05, 3.63) is 28.8 Å². The first kappa shape index (κ1) is 13.0. The van der Waals surface area contributed by atoms with Crippen LogP contribution in [-0.2, 0) is 6.54 Å². The van der Waals surface area contributed by atoms with Crippen molar-refractivity contribution >= 4 is 23.4 Å². The van der Waals surface area contributed by atoms with Crippen LogP contribution in [0.15, 0.2) is 18.2 Å². The van der Waals surface area contributed by atoms with Gasteiger partial charge in [-0.3, -0.25) is 0 Å². The van der Waals surface area contributed by atoms with E-state index in [2.05, 4.69) is 5.32 Å². The van der Waals surface area contributed by atoms with Crippen molar-refractivity contribution in [3.8, 4) is 5.75 Å². The molecule has 3 N–H and O–H groups in total. The Balaban J connectivity index is 1.88. The maximum Gasteiger partial charge on any atom is 0.138 e. The van der Waals surface area contributed by atoms with Gasteiger partial charge in [-0.1, -0.05) is 23.7 Å². The predicted octanol–water partition coefficient (Wildman–Crippen LogP) is 2.00. The number of benzene rings is 1. The summed E-state index contributed by atoms with van der Waals surface area (Å²) in [5.41, 5.74) is 0.158. The maximum atomic E-state index is 10.1. The summed E-state index contributed by atoms with van der Waals surface area (Å²) < 4.78 is 0. The molecule has 94 valence electrons. The average molecular weight is 274 g/mol. The molecule has 1 aromatic rings. The Morgan fingerprint density at radius 2 is 2.29 bits per heavy atom. The molecular formula is C12H16ClNO2S. The molecule has 0 radical (unpaired) electrons. The monoisotopic (exact) mass is 273 g/mol. The molecular weight excluding hydrogens is 258 g/mol. The highest BCUT2D eigenvalue weighted by molar-refractivity contribution is 7.99. The Morgan fingerprint density at radius 1 is 1.47 bits per heavy atom. The van der Waals surface area contributed by atoms with Crippen molar-refractivity contribution in [1.82, 2.24) is 5.32 Å². The molecule has 2 rings (SSSR count). The second kappa shape index (κ2) is 5.48. The highest BCUT2D eigenvalue weighted by Crippen LogP contribution is 2.28. The third-order valence-corrected chi connectivity index (χ3v) is 4.46. The number of thioether (sulfide) groups is 1. The SMILES string of the molecule is Oc1c(Cl)cccc1CNCC1(O)CCSC1. The van der Waals surface area contributed by atoms with Crippen LogP contribution in [0.25, 0.3) is 0 Å². The fourth-order valence-electron chi connectivity index (χ4n) is 1.87. The zero-order valence-corrected chi connectivity index (χ0v) is 11.0. The molecule has 1 fully saturated rings. The van der Waals surface area contributed by atoms with E-state index >= 15 is 0 Å². The van der Waals surface area contributed by atoms with E-state index in [0.29, 0.717) is 18.1 Å². The number of nitrogens with one attached hydrogen (secondary N) is 1. The van der Waals surface area contributed by atoms with Gasteiger partial charge in [0.25, 0.3) is 0 Å². The largest absolute Gasteiger partial charge is 0.506 e. The van der Waals surface area contributed by atoms with E-state index in [0.717, 1.165) is 23.5 Å². The molecule has 1 aliphatic rings. The number of phenolic OH excluding ortho intramolecular Hbond substituents is 1. The summed E-state index contributed by atoms with van der Waals surface area (Å²) in [4.78, 5) is 0. The summed E-state index contributed by atoms with van der Waals surface area (Å²) in [5.74, 6) is 1.91. The lowest BCUT2D eigenvalue weighted by molar-refractivity contribution is 0.0674. The van der Waals surface area contributed by atoms with Gasteiger partial charge in [0.2, 0.25) is 0 Å². The second-order valence-electron chi connectivity index (χ2n) is 4.38. The van der Waals surface area contributed by atoms with Gasteiger partial charge < -0.3 is 15.5 Å². The van der Waals surface area contributed by atoms with Crippen LogP contribution in [0.2, 0.25) is 5.02 Å². The lowest BCUT2D eigenvalue weighted by atomic mass is 10.0. The molecule has 1 aromatic carbocycles. The van der Waals surface area contributed by atoms with Crippen molar-refractivity contribution in [1.29, 1.82) is 0 Å². The Labute approximate surface area is 110 Å². The Hall–Kier alpha value is -0.420. The summed E-state index contributed by atoms with van der Waals surface area (Å²) >= 11 is 7.59. The molecule has 17 heavy (non-hydrogen) atoms. The standard InChI is InChI=1S/C12H16ClNO2S/c13-10-3-1-2-9(11(10)15)6-14-7-12(16)4-5-17-8-12/h1-3,14-16H,4-8H2. The van der Waals surface area contributed by atoms with E-state index in [1.165, 1.54) is 0 Å². The first-order chi connectivity index (χ1) is 8.11. The van der Waals surface area contributed by atoms with E-state index in [9.17, 15) is 10.2 Å². The van der Waals surface area contributed by atoms with Crippen LogP contribution >= 0.6 is 23.4 Å². The van der Waals surface area contributed by atoms with Crippen LogP contribution in [0.4, 0.5) is 0 Å². The summed E-state index contributed by atoms with van der Waals surface area (Å²) in [6.45, 7) is 1.06. The van der Waals surface area contributed by atoms with Crippen molar-refractivity contribution in [2.45, 2.75) is 18.6 Å². The van der Waals surface area contributed by atoms with Crippen LogP contribution < -0.4 is 5.32 Å². The van der Waals surface area contributed by atoms with Gasteiger partial charge in [0.1, 0.15) is 5.75 Å². The lowest BCUT2D eigenvalue weighted by Crippen LogP contribution is -2.40. The molecule has 0 saturated carbocycles. The van der Waals surface area contributed by atoms with Crippen LogP contribution in [0.3, 0.4) is 0 Å². The number of hydrogen-bond acceptors (Lipinski definition) is 4. The minimum atomic E-state index is -0.598. The summed E-state index contributed by atoms with van der Waals surface area (Å²) in [5, 5.41) is 23.4. The highest BCUT2D eigenvalue weighted by Gasteiger charge is 2.31. The zero-order valence-electron chi connectivity index (χ0n) is 9.45. The van der Waals surface area contributed by atoms with Crippen molar-refractivity contribution in [3.63, 3.8) is 0 Å². The number of halogens is 1. The Kier molecular flexibility index (Phi) is 4.20. The number of rotatable bonds is 4. The maximum absolute atomic E-state index is 10.1. The minimum absolute atomic E-state index is 0.120. The number of para-hydroxylation sites is 1. The van der Waals surface area contributed by atoms with Crippen LogP contribution in [0, 0.1) is 0 Å². The zero-order chi connectivity index (χ0) is 12.3. The second-order valence-corrected chi connectivity index (χ2v) is 5.89. The average Bonchev–Trinajstić information content (AvgIpc) is 2.72. The van der Waals surface area contributed by atoms with Gasteiger partial charge in [-0.15, -0.1) is 0 Å². The topological polar surface area (TPSA) is 52.5 Å². The molecule has 1 atom stereocenters. The highest BCUT2D eigenvalue weighted by atomic mass is 35.5. The summed E-state index contributed by atoms with van der Waals surface area (Å²) in [6, 6.07) is 5.28. The molecule has 1 unspecified atom stereocenters. The number of hydrogen-bond donors (Lipinski definition) is 3. The van der Waals surface area contributed by atoms with E-state index in [4.69, 9.17) is 11.6 Å². The normalized spacial score (nSPS) is 24.1. The first-order valence-electron chi connectivity index (χ1n) is 5.58. The van der Waals surface area contributed by atoms with E-state index in [1.807, 2.05) is 6.07 Å². The van der Waals surface area contributed by atoms with Gasteiger partial charge in [-0.25, -0.2) is 0 Å². The van der Waals surface area contributed by atoms with Gasteiger partial charge in [-0.2, -0.15) is 11.8 Å². The summed E-state index contributed by atoms with van der Waals surface area (Å²) in [7, 11) is 0. The molecule has 0 aliphatic carbocycles. The molecule has 0 bridgehead atoms. The fourth-order valence-corrected chi connectivity index (χ4v) is 3.36. The van der Waals surface area contributed by atoms with Crippen LogP contribution in [0.1, 0.15) is 12.0 Å². The Morgan fingerprint density at radius 3 is 3.00 bits per heavy atom. The summed E-state index contributed by atoms with van der Waals surface area (Å²) in [6.07, 6.45) is 0.826. The van der Waals surface area contributed by atoms with Gasteiger partial charge >= 0.3 is 0 Å². The van der Waals surface area contributed by atoms with E-state index in [-0.39, 0.29) is 5.75 Å². The fraction of sp³-hybridized carbons (Fsp3) is 0.500. The first-order valence-corrected chi connectivity index (χ1v) is 7.11. The third kappa shape index (κ3) is 3.28. The van der Waals surface area contributed by atoms with E-state index < -0.39 is 5.60 Å². The van der Waals surface area contributed by atoms with Crippen molar-refractivity contribution < 1.29 is 10.2 Å². The lowest BCUT2D eigenvalue weighted by Gasteiger charge is -2.21. The van der Waals surface area contributed by atoms with Gasteiger partial charge in [0, 0.05) is 24.4 Å². The predicted molar refractivity (Wildman–Crippen MR) is 71.7 cm³/mol. The quantitative estimate of drug-likeness (QED) is 0.786. The van der Waals surface area contributed by atoms with Gasteiger partial charge in [-0.05, 0) is 18.2 Å². The van der Waals surface area contributed by atoms with Gasteiger partial charge in [0.05, 0.1) is 10.6 Å². The van der Waals surface area contributed by atoms with Crippen molar-refractivity contribution in [2.75, 3.05) is 18.1 Å². The molecule has 5 heteroatoms. The molecule has 0 aromatic heterocycles. The minimum Gasteiger partial charge on any atom is -0.506 e. The van der Waals surface area contributed by atoms with Gasteiger partial charge in [0.15, 0.2) is 0 Å². The number of phenols is 1. The molecule has 0 amide bonds. The number of aromatic hydroxyl groups is 1. The third-order valence-electron chi connectivity index (χ3n) is 2.92. The molecule has 1 aliphatic heterocycles. The smallest absolute Gasteiger partial charge is 0.138 e. The van der Waals surface area contributed by atoms with Crippen molar-refractivity contribution in [2.24, 2.45) is 0 Å². The molecule has 3 nitrogen and oxygen atoms in total. The molecule has 1 saturated heterocycles. The Bertz CT molecular complexity index is 394. The van der Waals surface area contributed by atoms with Crippen LogP contribution in [-0.4, -0.2) is 33.9 Å². The van der Waals surface area contributed by atoms with Crippen LogP contribution in [0.5, 0.6) is 5.75 Å². The number of aliphatic hydroxyl groups is 1. The molecule has 0 spiro atoms. The van der Waals surface area contributed by atoms with E-state index in [1.54, 1.807) is 23.9 Å².